The van der Waals surface area contributed by atoms with Crippen molar-refractivity contribution < 1.29 is 33.6 Å². The second-order valence-corrected chi connectivity index (χ2v) is 12.0. The van der Waals surface area contributed by atoms with E-state index in [1.807, 2.05) is 48.4 Å². The fourth-order valence-electron chi connectivity index (χ4n) is 7.00. The fourth-order valence-corrected chi connectivity index (χ4v) is 7.00. The van der Waals surface area contributed by atoms with E-state index in [0.717, 1.165) is 29.3 Å². The molecule has 0 bridgehead atoms. The van der Waals surface area contributed by atoms with Gasteiger partial charge in [-0.2, -0.15) is 0 Å². The number of hydrogen-bond acceptors (Lipinski definition) is 8. The van der Waals surface area contributed by atoms with Crippen molar-refractivity contribution in [2.24, 2.45) is 5.92 Å². The first-order valence-corrected chi connectivity index (χ1v) is 16.4. The SMILES string of the molecule is CCO[C@@H]1OC(C(=O)N2CCC(N3CCCCC3)CC2)=C[C@H](c2cn(C(C)=O)c3ccccc23)[C@@H]1CCOCCOCCO. The number of nitrogens with zero attached hydrogens (tertiary/aromatic N) is 3. The number of ether oxygens (including phenoxy) is 4. The molecule has 3 aliphatic rings. The third-order valence-electron chi connectivity index (χ3n) is 9.23. The Bertz CT molecular complexity index is 1260. The molecule has 2 saturated heterocycles. The van der Waals surface area contributed by atoms with Crippen LogP contribution in [0.5, 0.6) is 0 Å². The summed E-state index contributed by atoms with van der Waals surface area (Å²) in [5.41, 5.74) is 1.81. The van der Waals surface area contributed by atoms with Crippen molar-refractivity contribution in [2.75, 3.05) is 65.8 Å². The summed E-state index contributed by atoms with van der Waals surface area (Å²) in [4.78, 5) is 31.2. The first-order chi connectivity index (χ1) is 21.5. The number of fused-ring (bicyclic) bond motifs is 1. The van der Waals surface area contributed by atoms with E-state index in [4.69, 9.17) is 24.1 Å². The number of hydrogen-bond donors (Lipinski definition) is 1. The van der Waals surface area contributed by atoms with Crippen LogP contribution < -0.4 is 0 Å². The fraction of sp³-hybridized carbons (Fsp3) is 0.647. The average Bonchev–Trinajstić information content (AvgIpc) is 3.45. The van der Waals surface area contributed by atoms with Crippen LogP contribution in [0.25, 0.3) is 10.9 Å². The lowest BCUT2D eigenvalue weighted by Crippen LogP contribution is -2.49. The van der Waals surface area contributed by atoms with Crippen molar-refractivity contribution in [1.29, 1.82) is 0 Å². The maximum absolute atomic E-state index is 14.0. The van der Waals surface area contributed by atoms with E-state index < -0.39 is 6.29 Å². The predicted molar refractivity (Wildman–Crippen MR) is 167 cm³/mol. The van der Waals surface area contributed by atoms with Gasteiger partial charge in [-0.25, -0.2) is 0 Å². The molecule has 0 spiro atoms. The Labute approximate surface area is 260 Å². The molecule has 10 heteroatoms. The quantitative estimate of drug-likeness (QED) is 0.337. The van der Waals surface area contributed by atoms with E-state index in [0.29, 0.717) is 57.7 Å². The summed E-state index contributed by atoms with van der Waals surface area (Å²) >= 11 is 0. The Balaban J connectivity index is 1.39. The number of para-hydroxylation sites is 1. The standard InChI is InChI=1S/C34H49N3O7/c1-3-43-34-28(13-19-41-21-22-42-20-18-38)29(30-24-37(25(2)39)31-10-6-5-9-27(30)31)23-32(44-34)33(40)36-16-11-26(12-17-36)35-14-7-4-8-15-35/h5-6,9-10,23-24,26,28-29,34,38H,3-4,7-8,11-22H2,1-2H3/t28-,29-,34+/m0/s1. The molecule has 1 aromatic heterocycles. The van der Waals surface area contributed by atoms with Crippen molar-refractivity contribution in [3.63, 3.8) is 0 Å². The summed E-state index contributed by atoms with van der Waals surface area (Å²) < 4.78 is 25.4. The van der Waals surface area contributed by atoms with Crippen LogP contribution in [-0.2, 0) is 23.7 Å². The van der Waals surface area contributed by atoms with Gasteiger partial charge in [0.25, 0.3) is 5.91 Å². The second kappa shape index (κ2) is 16.0. The van der Waals surface area contributed by atoms with Gasteiger partial charge in [-0.1, -0.05) is 24.6 Å². The van der Waals surface area contributed by atoms with Crippen molar-refractivity contribution in [1.82, 2.24) is 14.4 Å². The third kappa shape index (κ3) is 7.72. The molecule has 1 aromatic carbocycles. The molecule has 1 N–H and O–H groups in total. The van der Waals surface area contributed by atoms with Crippen LogP contribution in [0.2, 0.25) is 0 Å². The number of carbonyl (C=O) groups is 2. The van der Waals surface area contributed by atoms with E-state index in [9.17, 15) is 9.59 Å². The number of aliphatic hydroxyl groups excluding tert-OH is 1. The monoisotopic (exact) mass is 611 g/mol. The summed E-state index contributed by atoms with van der Waals surface area (Å²) in [6.45, 7) is 9.20. The Morgan fingerprint density at radius 1 is 0.977 bits per heavy atom. The molecule has 10 nitrogen and oxygen atoms in total. The number of benzene rings is 1. The van der Waals surface area contributed by atoms with Gasteiger partial charge in [-0.05, 0) is 69.8 Å². The highest BCUT2D eigenvalue weighted by Crippen LogP contribution is 2.42. The van der Waals surface area contributed by atoms with Crippen LogP contribution in [0.15, 0.2) is 42.3 Å². The molecule has 5 rings (SSSR count). The average molecular weight is 612 g/mol. The molecular weight excluding hydrogens is 562 g/mol. The van der Waals surface area contributed by atoms with E-state index >= 15 is 0 Å². The lowest BCUT2D eigenvalue weighted by molar-refractivity contribution is -0.172. The van der Waals surface area contributed by atoms with Gasteiger partial charge in [0.05, 0.1) is 31.9 Å². The number of rotatable bonds is 13. The predicted octanol–water partition coefficient (Wildman–Crippen LogP) is 4.17. The molecule has 1 amide bonds. The highest BCUT2D eigenvalue weighted by atomic mass is 16.7. The summed E-state index contributed by atoms with van der Waals surface area (Å²) in [6.07, 6.45) is 9.65. The lowest BCUT2D eigenvalue weighted by Gasteiger charge is -2.41. The van der Waals surface area contributed by atoms with Gasteiger partial charge in [-0.3, -0.25) is 14.2 Å². The number of amides is 1. The van der Waals surface area contributed by atoms with Crippen LogP contribution in [0.4, 0.5) is 0 Å². The van der Waals surface area contributed by atoms with Crippen molar-refractivity contribution in [2.45, 2.75) is 70.6 Å². The van der Waals surface area contributed by atoms with Gasteiger partial charge in [0, 0.05) is 62.7 Å². The van der Waals surface area contributed by atoms with Crippen LogP contribution in [0, 0.1) is 5.92 Å². The van der Waals surface area contributed by atoms with E-state index in [1.54, 1.807) is 11.5 Å². The molecule has 0 aliphatic carbocycles. The molecular formula is C34H49N3O7. The second-order valence-electron chi connectivity index (χ2n) is 12.0. The van der Waals surface area contributed by atoms with Gasteiger partial charge in [0.15, 0.2) is 5.76 Å². The van der Waals surface area contributed by atoms with Crippen molar-refractivity contribution in [3.8, 4) is 0 Å². The van der Waals surface area contributed by atoms with Crippen molar-refractivity contribution in [3.05, 3.63) is 47.9 Å². The van der Waals surface area contributed by atoms with Crippen LogP contribution in [0.3, 0.4) is 0 Å². The smallest absolute Gasteiger partial charge is 0.288 e. The Hall–Kier alpha value is -2.76. The van der Waals surface area contributed by atoms with Crippen LogP contribution in [-0.4, -0.2) is 109 Å². The lowest BCUT2D eigenvalue weighted by atomic mass is 9.81. The van der Waals surface area contributed by atoms with Gasteiger partial charge >= 0.3 is 0 Å². The molecule has 0 unspecified atom stereocenters. The summed E-state index contributed by atoms with van der Waals surface area (Å²) in [7, 11) is 0. The van der Waals surface area contributed by atoms with E-state index in [2.05, 4.69) is 4.90 Å². The Morgan fingerprint density at radius 3 is 2.41 bits per heavy atom. The van der Waals surface area contributed by atoms with Crippen molar-refractivity contribution >= 4 is 22.7 Å². The summed E-state index contributed by atoms with van der Waals surface area (Å²) in [6, 6.07) is 8.43. The first-order valence-electron chi connectivity index (χ1n) is 16.4. The molecule has 0 radical (unpaired) electrons. The molecule has 0 saturated carbocycles. The topological polar surface area (TPSA) is 103 Å². The number of carbonyl (C=O) groups excluding carboxylic acids is 2. The van der Waals surface area contributed by atoms with Gasteiger partial charge in [0.2, 0.25) is 12.2 Å². The number of aliphatic hydroxyl groups is 1. The molecule has 44 heavy (non-hydrogen) atoms. The maximum atomic E-state index is 14.0. The highest BCUT2D eigenvalue weighted by molar-refractivity contribution is 5.95. The third-order valence-corrected chi connectivity index (χ3v) is 9.23. The van der Waals surface area contributed by atoms with Gasteiger partial charge in [0.1, 0.15) is 0 Å². The minimum Gasteiger partial charge on any atom is -0.459 e. The molecule has 3 aliphatic heterocycles. The van der Waals surface area contributed by atoms with Gasteiger partial charge in [-0.15, -0.1) is 0 Å². The zero-order chi connectivity index (χ0) is 30.9. The number of allylic oxidation sites excluding steroid dienone is 1. The Morgan fingerprint density at radius 2 is 1.70 bits per heavy atom. The molecule has 4 heterocycles. The highest BCUT2D eigenvalue weighted by Gasteiger charge is 2.41. The number of piperidine rings is 2. The summed E-state index contributed by atoms with van der Waals surface area (Å²) in [5.74, 6) is -0.229. The van der Waals surface area contributed by atoms with Crippen LogP contribution >= 0.6 is 0 Å². The minimum absolute atomic E-state index is 0.0190. The molecule has 3 atom stereocenters. The Kier molecular flexibility index (Phi) is 11.9. The first kappa shape index (κ1) is 32.6. The van der Waals surface area contributed by atoms with E-state index in [1.165, 1.54) is 32.4 Å². The van der Waals surface area contributed by atoms with E-state index in [-0.39, 0.29) is 36.9 Å². The zero-order valence-corrected chi connectivity index (χ0v) is 26.3. The largest absolute Gasteiger partial charge is 0.459 e. The molecule has 2 fully saturated rings. The number of likely N-dealkylation sites (tertiary alicyclic amines) is 2. The summed E-state index contributed by atoms with van der Waals surface area (Å²) in [5, 5.41) is 9.90. The number of aromatic nitrogens is 1. The van der Waals surface area contributed by atoms with Gasteiger partial charge < -0.3 is 33.9 Å². The van der Waals surface area contributed by atoms with Crippen LogP contribution in [0.1, 0.15) is 68.6 Å². The zero-order valence-electron chi connectivity index (χ0n) is 26.3. The maximum Gasteiger partial charge on any atom is 0.288 e. The normalized spacial score (nSPS) is 23.5. The molecule has 2 aromatic rings. The minimum atomic E-state index is -0.645. The molecule has 242 valence electrons.